The van der Waals surface area contributed by atoms with Crippen molar-refractivity contribution in [3.8, 4) is 22.7 Å². The third-order valence-electron chi connectivity index (χ3n) is 5.43. The summed E-state index contributed by atoms with van der Waals surface area (Å²) in [6.07, 6.45) is 2.09. The average Bonchev–Trinajstić information content (AvgIpc) is 3.27. The van der Waals surface area contributed by atoms with Crippen LogP contribution in [-0.4, -0.2) is 40.1 Å². The van der Waals surface area contributed by atoms with Gasteiger partial charge in [-0.05, 0) is 42.0 Å². The van der Waals surface area contributed by atoms with E-state index in [1.165, 1.54) is 0 Å². The summed E-state index contributed by atoms with van der Waals surface area (Å²) in [4.78, 5) is 25.4. The highest BCUT2D eigenvalue weighted by molar-refractivity contribution is 6.30. The van der Waals surface area contributed by atoms with E-state index < -0.39 is 5.91 Å². The second kappa shape index (κ2) is 10.9. The molecule has 0 spiro atoms. The van der Waals surface area contributed by atoms with Crippen LogP contribution >= 0.6 is 11.6 Å². The summed E-state index contributed by atoms with van der Waals surface area (Å²) < 4.78 is 7.45. The minimum Gasteiger partial charge on any atom is -0.484 e. The number of nitrogens with zero attached hydrogens (tertiary/aromatic N) is 3. The van der Waals surface area contributed by atoms with Gasteiger partial charge in [0.25, 0.3) is 5.91 Å². The Bertz CT molecular complexity index is 1300. The van der Waals surface area contributed by atoms with Crippen LogP contribution in [-0.2, 0) is 22.6 Å². The number of ether oxygens (including phenoxy) is 1. The van der Waals surface area contributed by atoms with Gasteiger partial charge in [0.2, 0.25) is 5.91 Å². The second-order valence-corrected chi connectivity index (χ2v) is 8.55. The molecule has 4 rings (SSSR count). The third kappa shape index (κ3) is 6.28. The van der Waals surface area contributed by atoms with Gasteiger partial charge in [0.05, 0.1) is 17.8 Å². The van der Waals surface area contributed by atoms with E-state index in [2.05, 4.69) is 0 Å². The smallest absolute Gasteiger partial charge is 0.260 e. The van der Waals surface area contributed by atoms with Gasteiger partial charge in [0.15, 0.2) is 6.61 Å². The average molecular weight is 489 g/mol. The van der Waals surface area contributed by atoms with E-state index in [9.17, 15) is 9.59 Å². The zero-order chi connectivity index (χ0) is 24.8. The van der Waals surface area contributed by atoms with Gasteiger partial charge in [-0.1, -0.05) is 54.1 Å². The maximum absolute atomic E-state index is 12.8. The van der Waals surface area contributed by atoms with Crippen LogP contribution in [0.15, 0.2) is 85.1 Å². The fourth-order valence-electron chi connectivity index (χ4n) is 3.59. The molecule has 3 aromatic carbocycles. The van der Waals surface area contributed by atoms with Crippen LogP contribution in [0, 0.1) is 0 Å². The van der Waals surface area contributed by atoms with Crippen molar-refractivity contribution < 1.29 is 14.3 Å². The lowest BCUT2D eigenvalue weighted by atomic mass is 10.1. The Labute approximate surface area is 208 Å². The normalized spacial score (nSPS) is 10.7. The highest BCUT2D eigenvalue weighted by Crippen LogP contribution is 2.26. The van der Waals surface area contributed by atoms with Crippen LogP contribution in [0.3, 0.4) is 0 Å². The molecule has 0 aliphatic carbocycles. The van der Waals surface area contributed by atoms with Crippen LogP contribution in [0.25, 0.3) is 16.9 Å². The molecule has 0 radical (unpaired) electrons. The first kappa shape index (κ1) is 24.0. The van der Waals surface area contributed by atoms with Crippen LogP contribution in [0.1, 0.15) is 11.1 Å². The SMILES string of the molecule is CN(Cc1cn(-c2ccccc2)nc1-c1ccc(Cl)cc1)C(=O)COc1ccc(CC(N)=O)cc1. The Morgan fingerprint density at radius 3 is 2.34 bits per heavy atom. The van der Waals surface area contributed by atoms with E-state index in [0.717, 1.165) is 28.1 Å². The highest BCUT2D eigenvalue weighted by Gasteiger charge is 2.17. The molecule has 0 fully saturated rings. The lowest BCUT2D eigenvalue weighted by molar-refractivity contribution is -0.132. The molecule has 0 aliphatic heterocycles. The molecular weight excluding hydrogens is 464 g/mol. The number of primary amides is 1. The first-order chi connectivity index (χ1) is 16.9. The van der Waals surface area contributed by atoms with Crippen LogP contribution in [0.4, 0.5) is 0 Å². The molecule has 4 aromatic rings. The summed E-state index contributed by atoms with van der Waals surface area (Å²) in [7, 11) is 1.73. The van der Waals surface area contributed by atoms with Gasteiger partial charge in [-0.25, -0.2) is 4.68 Å². The summed E-state index contributed by atoms with van der Waals surface area (Å²) in [5.74, 6) is -0.0384. The fourth-order valence-corrected chi connectivity index (χ4v) is 3.72. The number of nitrogens with two attached hydrogens (primary N) is 1. The maximum atomic E-state index is 12.8. The monoisotopic (exact) mass is 488 g/mol. The van der Waals surface area contributed by atoms with Gasteiger partial charge in [0, 0.05) is 35.9 Å². The number of likely N-dealkylation sites (N-methyl/N-ethyl adjacent to an activating group) is 1. The Balaban J connectivity index is 1.47. The van der Waals surface area contributed by atoms with Gasteiger partial charge in [0.1, 0.15) is 5.75 Å². The molecule has 0 saturated heterocycles. The van der Waals surface area contributed by atoms with Crippen molar-refractivity contribution in [2.24, 2.45) is 5.73 Å². The lowest BCUT2D eigenvalue weighted by Crippen LogP contribution is -2.31. The predicted octanol–water partition coefficient (Wildman–Crippen LogP) is 4.26. The lowest BCUT2D eigenvalue weighted by Gasteiger charge is -2.17. The van der Waals surface area contributed by atoms with Crippen molar-refractivity contribution in [2.75, 3.05) is 13.7 Å². The Hall–Kier alpha value is -4.10. The first-order valence-corrected chi connectivity index (χ1v) is 11.4. The Kier molecular flexibility index (Phi) is 7.48. The summed E-state index contributed by atoms with van der Waals surface area (Å²) in [6, 6.07) is 24.2. The number of hydrogen-bond donors (Lipinski definition) is 1. The Morgan fingerprint density at radius 2 is 1.69 bits per heavy atom. The molecule has 0 atom stereocenters. The van der Waals surface area contributed by atoms with Crippen molar-refractivity contribution in [3.63, 3.8) is 0 Å². The van der Waals surface area contributed by atoms with Crippen molar-refractivity contribution in [1.29, 1.82) is 0 Å². The van der Waals surface area contributed by atoms with Gasteiger partial charge in [-0.15, -0.1) is 0 Å². The van der Waals surface area contributed by atoms with Crippen molar-refractivity contribution in [1.82, 2.24) is 14.7 Å². The number of rotatable bonds is 9. The van der Waals surface area contributed by atoms with Gasteiger partial charge < -0.3 is 15.4 Å². The summed E-state index contributed by atoms with van der Waals surface area (Å²) >= 11 is 6.07. The van der Waals surface area contributed by atoms with Gasteiger partial charge in [-0.3, -0.25) is 9.59 Å². The van der Waals surface area contributed by atoms with E-state index in [1.807, 2.05) is 65.5 Å². The van der Waals surface area contributed by atoms with Crippen molar-refractivity contribution in [2.45, 2.75) is 13.0 Å². The molecule has 178 valence electrons. The third-order valence-corrected chi connectivity index (χ3v) is 5.68. The molecule has 8 heteroatoms. The summed E-state index contributed by atoms with van der Waals surface area (Å²) in [5, 5.41) is 5.43. The maximum Gasteiger partial charge on any atom is 0.260 e. The van der Waals surface area contributed by atoms with E-state index >= 15 is 0 Å². The molecule has 0 saturated carbocycles. The molecule has 35 heavy (non-hydrogen) atoms. The molecule has 0 unspecified atom stereocenters. The number of benzene rings is 3. The molecule has 1 aromatic heterocycles. The molecule has 7 nitrogen and oxygen atoms in total. The summed E-state index contributed by atoms with van der Waals surface area (Å²) in [6.45, 7) is 0.235. The Morgan fingerprint density at radius 1 is 1.00 bits per heavy atom. The van der Waals surface area contributed by atoms with Crippen LogP contribution < -0.4 is 10.5 Å². The standard InChI is InChI=1S/C27H25ClN4O3/c1-31(26(34)18-35-24-13-7-19(8-14-24)15-25(29)33)16-21-17-32(23-5-3-2-4-6-23)30-27(21)20-9-11-22(28)12-10-20/h2-14,17H,15-16,18H2,1H3,(H2,29,33). The molecule has 0 aliphatic rings. The van der Waals surface area contributed by atoms with E-state index in [0.29, 0.717) is 17.3 Å². The van der Waals surface area contributed by atoms with Crippen LogP contribution in [0.2, 0.25) is 5.02 Å². The number of carbonyl (C=O) groups excluding carboxylic acids is 2. The van der Waals surface area contributed by atoms with E-state index in [4.69, 9.17) is 27.2 Å². The zero-order valence-electron chi connectivity index (χ0n) is 19.2. The molecular formula is C27H25ClN4O3. The highest BCUT2D eigenvalue weighted by atomic mass is 35.5. The largest absolute Gasteiger partial charge is 0.484 e. The predicted molar refractivity (Wildman–Crippen MR) is 135 cm³/mol. The zero-order valence-corrected chi connectivity index (χ0v) is 20.0. The number of hydrogen-bond acceptors (Lipinski definition) is 4. The van der Waals surface area contributed by atoms with Crippen molar-refractivity contribution in [3.05, 3.63) is 101 Å². The number of amides is 2. The first-order valence-electron chi connectivity index (χ1n) is 11.0. The molecule has 2 amide bonds. The van der Waals surface area contributed by atoms with Gasteiger partial charge >= 0.3 is 0 Å². The van der Waals surface area contributed by atoms with E-state index in [-0.39, 0.29) is 18.9 Å². The minimum atomic E-state index is -0.399. The van der Waals surface area contributed by atoms with Crippen LogP contribution in [0.5, 0.6) is 5.75 Å². The number of para-hydroxylation sites is 1. The van der Waals surface area contributed by atoms with Crippen molar-refractivity contribution >= 4 is 23.4 Å². The molecule has 0 bridgehead atoms. The minimum absolute atomic E-state index is 0.116. The second-order valence-electron chi connectivity index (χ2n) is 8.12. The number of carbonyl (C=O) groups is 2. The van der Waals surface area contributed by atoms with E-state index in [1.54, 1.807) is 36.2 Å². The topological polar surface area (TPSA) is 90.4 Å². The van der Waals surface area contributed by atoms with Gasteiger partial charge in [-0.2, -0.15) is 5.10 Å². The number of halogens is 1. The molecule has 2 N–H and O–H groups in total. The quantitative estimate of drug-likeness (QED) is 0.381. The fraction of sp³-hybridized carbons (Fsp3) is 0.148. The summed E-state index contributed by atoms with van der Waals surface area (Å²) in [5.41, 5.74) is 9.50. The number of aromatic nitrogens is 2. The molecule has 1 heterocycles.